The first kappa shape index (κ1) is 12.5. The molecule has 1 saturated heterocycles. The number of thiophene rings is 1. The molecular formula is C9H13BrN2O2S2. The molecular weight excluding hydrogens is 312 g/mol. The van der Waals surface area contributed by atoms with Gasteiger partial charge in [0.15, 0.2) is 0 Å². The van der Waals surface area contributed by atoms with Gasteiger partial charge in [0.2, 0.25) is 0 Å². The molecule has 0 bridgehead atoms. The first-order valence-corrected chi connectivity index (χ1v) is 8.01. The highest BCUT2D eigenvalue weighted by molar-refractivity contribution is 9.10. The van der Waals surface area contributed by atoms with E-state index in [1.807, 2.05) is 11.4 Å². The van der Waals surface area contributed by atoms with E-state index in [1.165, 1.54) is 13.5 Å². The number of nitrogens with zero attached hydrogens (tertiary/aromatic N) is 2. The number of rotatable bonds is 5. The summed E-state index contributed by atoms with van der Waals surface area (Å²) in [7, 11) is -1.53. The van der Waals surface area contributed by atoms with Gasteiger partial charge in [-0.1, -0.05) is 0 Å². The van der Waals surface area contributed by atoms with Crippen LogP contribution in [-0.2, 0) is 16.6 Å². The third-order valence-corrected chi connectivity index (χ3v) is 6.17. The number of likely N-dealkylation sites (N-methyl/N-ethyl adjacent to an activating group) is 1. The predicted molar refractivity (Wildman–Crippen MR) is 68.8 cm³/mol. The fourth-order valence-corrected chi connectivity index (χ4v) is 4.04. The molecule has 0 aliphatic carbocycles. The second kappa shape index (κ2) is 4.73. The first-order valence-electron chi connectivity index (χ1n) is 4.94. The summed E-state index contributed by atoms with van der Waals surface area (Å²) in [6, 6.07) is 2.03. The maximum absolute atomic E-state index is 11.8. The predicted octanol–water partition coefficient (Wildman–Crippen LogP) is 1.55. The van der Waals surface area contributed by atoms with Crippen molar-refractivity contribution in [3.05, 3.63) is 20.8 Å². The summed E-state index contributed by atoms with van der Waals surface area (Å²) < 4.78 is 27.5. The average molecular weight is 325 g/mol. The molecule has 2 heterocycles. The molecule has 0 atom stereocenters. The van der Waals surface area contributed by atoms with Crippen molar-refractivity contribution < 1.29 is 8.42 Å². The fraction of sp³-hybridized carbons (Fsp3) is 0.556. The Labute approximate surface area is 108 Å². The molecule has 1 aromatic rings. The van der Waals surface area contributed by atoms with E-state index in [2.05, 4.69) is 15.9 Å². The van der Waals surface area contributed by atoms with Crippen LogP contribution in [0, 0.1) is 0 Å². The highest BCUT2D eigenvalue weighted by atomic mass is 79.9. The van der Waals surface area contributed by atoms with Crippen LogP contribution in [0.2, 0.25) is 0 Å². The van der Waals surface area contributed by atoms with E-state index in [4.69, 9.17) is 0 Å². The van der Waals surface area contributed by atoms with Crippen molar-refractivity contribution in [1.29, 1.82) is 0 Å². The molecule has 2 rings (SSSR count). The molecule has 0 spiro atoms. The second-order valence-corrected chi connectivity index (χ2v) is 7.66. The summed E-state index contributed by atoms with van der Waals surface area (Å²) in [4.78, 5) is 1.19. The molecule has 7 heteroatoms. The standard InChI is InChI=1S/C9H13BrN2O2S2/c1-11(16(13,14)12-4-5-12)3-2-9-6-8(10)7-15-9/h6-7H,2-5H2,1H3. The minimum absolute atomic E-state index is 0.534. The van der Waals surface area contributed by atoms with Gasteiger partial charge in [-0.2, -0.15) is 17.0 Å². The summed E-state index contributed by atoms with van der Waals surface area (Å²) in [5, 5.41) is 2.01. The van der Waals surface area contributed by atoms with E-state index in [9.17, 15) is 8.42 Å². The van der Waals surface area contributed by atoms with Gasteiger partial charge in [0, 0.05) is 41.4 Å². The molecule has 90 valence electrons. The Morgan fingerprint density at radius 1 is 1.56 bits per heavy atom. The van der Waals surface area contributed by atoms with Crippen molar-refractivity contribution in [2.24, 2.45) is 0 Å². The molecule has 0 amide bonds. The molecule has 0 saturated carbocycles. The SMILES string of the molecule is CN(CCc1cc(Br)cs1)S(=O)(=O)N1CC1. The Morgan fingerprint density at radius 3 is 2.75 bits per heavy atom. The second-order valence-electron chi connectivity index (χ2n) is 3.71. The molecule has 1 aliphatic rings. The fourth-order valence-electron chi connectivity index (χ4n) is 1.34. The van der Waals surface area contributed by atoms with Crippen molar-refractivity contribution in [3.63, 3.8) is 0 Å². The zero-order chi connectivity index (χ0) is 11.8. The average Bonchev–Trinajstić information content (AvgIpc) is 3.00. The van der Waals surface area contributed by atoms with E-state index in [-0.39, 0.29) is 0 Å². The largest absolute Gasteiger partial charge is 0.281 e. The van der Waals surface area contributed by atoms with Gasteiger partial charge >= 0.3 is 0 Å². The quantitative estimate of drug-likeness (QED) is 0.771. The van der Waals surface area contributed by atoms with Crippen molar-refractivity contribution in [3.8, 4) is 0 Å². The molecule has 0 unspecified atom stereocenters. The van der Waals surface area contributed by atoms with Gasteiger partial charge < -0.3 is 0 Å². The molecule has 16 heavy (non-hydrogen) atoms. The van der Waals surface area contributed by atoms with Gasteiger partial charge in [0.1, 0.15) is 0 Å². The van der Waals surface area contributed by atoms with Crippen LogP contribution in [0.25, 0.3) is 0 Å². The lowest BCUT2D eigenvalue weighted by Crippen LogP contribution is -2.33. The van der Waals surface area contributed by atoms with Crippen LogP contribution in [0.5, 0.6) is 0 Å². The molecule has 1 aliphatic heterocycles. The Morgan fingerprint density at radius 2 is 2.25 bits per heavy atom. The van der Waals surface area contributed by atoms with Gasteiger partial charge in [-0.05, 0) is 28.4 Å². The van der Waals surface area contributed by atoms with Crippen molar-refractivity contribution in [1.82, 2.24) is 8.61 Å². The Kier molecular flexibility index (Phi) is 3.70. The van der Waals surface area contributed by atoms with E-state index in [0.717, 1.165) is 10.9 Å². The molecule has 1 fully saturated rings. The van der Waals surface area contributed by atoms with Gasteiger partial charge in [-0.25, -0.2) is 0 Å². The lowest BCUT2D eigenvalue weighted by molar-refractivity contribution is 0.446. The molecule has 0 radical (unpaired) electrons. The smallest absolute Gasteiger partial charge is 0.195 e. The monoisotopic (exact) mass is 324 g/mol. The summed E-state index contributed by atoms with van der Waals surface area (Å²) >= 11 is 5.03. The van der Waals surface area contributed by atoms with Crippen LogP contribution in [0.3, 0.4) is 0 Å². The minimum atomic E-state index is -3.17. The zero-order valence-electron chi connectivity index (χ0n) is 8.89. The van der Waals surface area contributed by atoms with E-state index in [1.54, 1.807) is 18.4 Å². The maximum atomic E-state index is 11.8. The van der Waals surface area contributed by atoms with Gasteiger partial charge in [0.05, 0.1) is 0 Å². The first-order chi connectivity index (χ1) is 7.50. The van der Waals surface area contributed by atoms with Crippen molar-refractivity contribution >= 4 is 37.5 Å². The van der Waals surface area contributed by atoms with Crippen molar-refractivity contribution in [2.75, 3.05) is 26.7 Å². The van der Waals surface area contributed by atoms with Gasteiger partial charge in [0.25, 0.3) is 10.2 Å². The Balaban J connectivity index is 1.90. The molecule has 0 aromatic carbocycles. The summed E-state index contributed by atoms with van der Waals surface area (Å²) in [5.41, 5.74) is 0. The topological polar surface area (TPSA) is 40.4 Å². The number of hydrogen-bond donors (Lipinski definition) is 0. The lowest BCUT2D eigenvalue weighted by Gasteiger charge is -2.16. The van der Waals surface area contributed by atoms with Crippen LogP contribution < -0.4 is 0 Å². The third kappa shape index (κ3) is 2.84. The maximum Gasteiger partial charge on any atom is 0.281 e. The Hall–Kier alpha value is 0.0500. The van der Waals surface area contributed by atoms with E-state index in [0.29, 0.717) is 19.6 Å². The van der Waals surface area contributed by atoms with Gasteiger partial charge in [-0.15, -0.1) is 11.3 Å². The van der Waals surface area contributed by atoms with Crippen LogP contribution in [-0.4, -0.2) is 43.7 Å². The summed E-state index contributed by atoms with van der Waals surface area (Å²) in [6.45, 7) is 1.86. The van der Waals surface area contributed by atoms with Crippen LogP contribution >= 0.6 is 27.3 Å². The van der Waals surface area contributed by atoms with Crippen LogP contribution in [0.4, 0.5) is 0 Å². The number of hydrogen-bond acceptors (Lipinski definition) is 3. The lowest BCUT2D eigenvalue weighted by atomic mass is 10.3. The third-order valence-electron chi connectivity index (χ3n) is 2.42. The molecule has 0 N–H and O–H groups in total. The van der Waals surface area contributed by atoms with Crippen LogP contribution in [0.15, 0.2) is 15.9 Å². The highest BCUT2D eigenvalue weighted by Gasteiger charge is 2.34. The van der Waals surface area contributed by atoms with Gasteiger partial charge in [-0.3, -0.25) is 0 Å². The van der Waals surface area contributed by atoms with Crippen LogP contribution in [0.1, 0.15) is 4.88 Å². The van der Waals surface area contributed by atoms with Crippen molar-refractivity contribution in [2.45, 2.75) is 6.42 Å². The summed E-state index contributed by atoms with van der Waals surface area (Å²) in [6.07, 6.45) is 0.764. The molecule has 4 nitrogen and oxygen atoms in total. The number of halogens is 1. The molecule has 1 aromatic heterocycles. The Bertz CT molecular complexity index is 468. The normalized spacial score (nSPS) is 16.9. The zero-order valence-corrected chi connectivity index (χ0v) is 12.1. The van der Waals surface area contributed by atoms with E-state index >= 15 is 0 Å². The highest BCUT2D eigenvalue weighted by Crippen LogP contribution is 2.21. The van der Waals surface area contributed by atoms with E-state index < -0.39 is 10.2 Å². The minimum Gasteiger partial charge on any atom is -0.195 e. The summed E-state index contributed by atoms with van der Waals surface area (Å²) in [5.74, 6) is 0.